The van der Waals surface area contributed by atoms with Crippen LogP contribution >= 0.6 is 0 Å². The highest BCUT2D eigenvalue weighted by molar-refractivity contribution is 6.27. The largest absolute Gasteiger partial charge is 0.496 e. The Balaban J connectivity index is 2.49. The molecule has 3 rings (SSSR count). The van der Waals surface area contributed by atoms with Gasteiger partial charge < -0.3 is 4.74 Å². The van der Waals surface area contributed by atoms with Crippen molar-refractivity contribution >= 4 is 22.3 Å². The molecule has 0 fully saturated rings. The molecule has 1 aliphatic carbocycles. The Bertz CT molecular complexity index is 711. The van der Waals surface area contributed by atoms with E-state index in [0.29, 0.717) is 22.3 Å². The van der Waals surface area contributed by atoms with Crippen LogP contribution in [-0.2, 0) is 0 Å². The molecule has 18 heavy (non-hydrogen) atoms. The molecule has 2 aromatic carbocycles. The highest BCUT2D eigenvalue weighted by Gasteiger charge is 2.23. The number of ketones is 2. The van der Waals surface area contributed by atoms with Crippen molar-refractivity contribution in [3.63, 3.8) is 0 Å². The maximum atomic E-state index is 12.0. The summed E-state index contributed by atoms with van der Waals surface area (Å²) in [6.07, 6.45) is 2.63. The molecule has 0 N–H and O–H groups in total. The molecule has 88 valence electrons. The predicted molar refractivity (Wildman–Crippen MR) is 68.3 cm³/mol. The fourth-order valence-corrected chi connectivity index (χ4v) is 2.30. The lowest BCUT2D eigenvalue weighted by Gasteiger charge is -2.14. The monoisotopic (exact) mass is 238 g/mol. The second kappa shape index (κ2) is 3.81. The van der Waals surface area contributed by atoms with Crippen LogP contribution in [0.3, 0.4) is 0 Å². The molecule has 3 nitrogen and oxygen atoms in total. The summed E-state index contributed by atoms with van der Waals surface area (Å²) in [6.45, 7) is 0. The van der Waals surface area contributed by atoms with Gasteiger partial charge in [0.2, 0.25) is 0 Å². The van der Waals surface area contributed by atoms with Crippen LogP contribution in [0.2, 0.25) is 0 Å². The van der Waals surface area contributed by atoms with Gasteiger partial charge in [0.15, 0.2) is 11.6 Å². The zero-order valence-corrected chi connectivity index (χ0v) is 9.77. The van der Waals surface area contributed by atoms with Crippen LogP contribution in [0.4, 0.5) is 0 Å². The average Bonchev–Trinajstić information content (AvgIpc) is 2.41. The third kappa shape index (κ3) is 1.37. The average molecular weight is 238 g/mol. The number of carbonyl (C=O) groups is 2. The van der Waals surface area contributed by atoms with E-state index < -0.39 is 0 Å². The van der Waals surface area contributed by atoms with Crippen molar-refractivity contribution in [2.45, 2.75) is 0 Å². The molecule has 1 aliphatic rings. The van der Waals surface area contributed by atoms with Gasteiger partial charge in [0, 0.05) is 16.5 Å². The van der Waals surface area contributed by atoms with Gasteiger partial charge in [-0.3, -0.25) is 9.59 Å². The first-order chi connectivity index (χ1) is 8.72. The number of fused-ring (bicyclic) bond motifs is 3. The smallest absolute Gasteiger partial charge is 0.187 e. The molecule has 0 spiro atoms. The number of ether oxygens (including phenoxy) is 1. The number of hydrogen-bond donors (Lipinski definition) is 0. The summed E-state index contributed by atoms with van der Waals surface area (Å²) in [7, 11) is 1.55. The van der Waals surface area contributed by atoms with Gasteiger partial charge in [-0.15, -0.1) is 0 Å². The summed E-state index contributed by atoms with van der Waals surface area (Å²) >= 11 is 0. The first kappa shape index (κ1) is 10.7. The molecule has 0 radical (unpaired) electrons. The molecule has 0 saturated heterocycles. The van der Waals surface area contributed by atoms with E-state index in [0.717, 1.165) is 5.39 Å². The van der Waals surface area contributed by atoms with Crippen LogP contribution in [0.25, 0.3) is 10.8 Å². The van der Waals surface area contributed by atoms with E-state index >= 15 is 0 Å². The van der Waals surface area contributed by atoms with Crippen molar-refractivity contribution in [1.29, 1.82) is 0 Å². The van der Waals surface area contributed by atoms with Crippen LogP contribution in [-0.4, -0.2) is 18.7 Å². The van der Waals surface area contributed by atoms with E-state index in [1.54, 1.807) is 19.2 Å². The maximum absolute atomic E-state index is 12.0. The second-order valence-corrected chi connectivity index (χ2v) is 4.11. The lowest BCUT2D eigenvalue weighted by molar-refractivity contribution is 0.0995. The Morgan fingerprint density at radius 2 is 1.72 bits per heavy atom. The highest BCUT2D eigenvalue weighted by atomic mass is 16.5. The molecule has 0 aliphatic heterocycles. The first-order valence-electron chi connectivity index (χ1n) is 5.59. The molecule has 0 amide bonds. The molecular formula is C15H10O3. The minimum absolute atomic E-state index is 0.141. The van der Waals surface area contributed by atoms with Crippen molar-refractivity contribution in [2.75, 3.05) is 7.11 Å². The summed E-state index contributed by atoms with van der Waals surface area (Å²) in [5, 5.41) is 1.60. The quantitative estimate of drug-likeness (QED) is 0.767. The topological polar surface area (TPSA) is 43.4 Å². The summed E-state index contributed by atoms with van der Waals surface area (Å²) in [4.78, 5) is 23.8. The lowest BCUT2D eigenvalue weighted by Crippen LogP contribution is -2.12. The molecule has 0 atom stereocenters. The van der Waals surface area contributed by atoms with E-state index in [4.69, 9.17) is 4.74 Å². The van der Waals surface area contributed by atoms with E-state index in [2.05, 4.69) is 0 Å². The minimum Gasteiger partial charge on any atom is -0.496 e. The van der Waals surface area contributed by atoms with Gasteiger partial charge in [-0.25, -0.2) is 0 Å². The van der Waals surface area contributed by atoms with Crippen molar-refractivity contribution in [1.82, 2.24) is 0 Å². The minimum atomic E-state index is -0.153. The highest BCUT2D eigenvalue weighted by Crippen LogP contribution is 2.33. The SMILES string of the molecule is COc1cccc2ccc3c(c12)C(=O)C=CC3=O. The molecule has 0 heterocycles. The van der Waals surface area contributed by atoms with E-state index in [-0.39, 0.29) is 11.6 Å². The van der Waals surface area contributed by atoms with Crippen molar-refractivity contribution in [2.24, 2.45) is 0 Å². The van der Waals surface area contributed by atoms with Crippen LogP contribution in [0, 0.1) is 0 Å². The molecule has 2 aromatic rings. The van der Waals surface area contributed by atoms with Gasteiger partial charge in [-0.05, 0) is 29.7 Å². The number of carbonyl (C=O) groups excluding carboxylic acids is 2. The van der Waals surface area contributed by atoms with Gasteiger partial charge in [-0.2, -0.15) is 0 Å². The zero-order valence-electron chi connectivity index (χ0n) is 9.77. The van der Waals surface area contributed by atoms with E-state index in [9.17, 15) is 9.59 Å². The van der Waals surface area contributed by atoms with E-state index in [1.165, 1.54) is 12.2 Å². The fraction of sp³-hybridized carbons (Fsp3) is 0.0667. The third-order valence-electron chi connectivity index (χ3n) is 3.13. The molecule has 0 bridgehead atoms. The molecule has 0 aromatic heterocycles. The maximum Gasteiger partial charge on any atom is 0.187 e. The van der Waals surface area contributed by atoms with Crippen LogP contribution in [0.15, 0.2) is 42.5 Å². The van der Waals surface area contributed by atoms with Gasteiger partial charge in [0.1, 0.15) is 5.75 Å². The third-order valence-corrected chi connectivity index (χ3v) is 3.13. The van der Waals surface area contributed by atoms with Crippen LogP contribution in [0.1, 0.15) is 20.7 Å². The number of methoxy groups -OCH3 is 1. The van der Waals surface area contributed by atoms with Gasteiger partial charge in [0.25, 0.3) is 0 Å². The lowest BCUT2D eigenvalue weighted by atomic mass is 9.89. The molecule has 0 unspecified atom stereocenters. The van der Waals surface area contributed by atoms with E-state index in [1.807, 2.05) is 18.2 Å². The fourth-order valence-electron chi connectivity index (χ4n) is 2.30. The Morgan fingerprint density at radius 1 is 0.944 bits per heavy atom. The second-order valence-electron chi connectivity index (χ2n) is 4.11. The predicted octanol–water partition coefficient (Wildman–Crippen LogP) is 2.78. The molecule has 0 saturated carbocycles. The Morgan fingerprint density at radius 3 is 2.50 bits per heavy atom. The van der Waals surface area contributed by atoms with Gasteiger partial charge in [0.05, 0.1) is 7.11 Å². The molecular weight excluding hydrogens is 228 g/mol. The number of benzene rings is 2. The van der Waals surface area contributed by atoms with Gasteiger partial charge >= 0.3 is 0 Å². The summed E-state index contributed by atoms with van der Waals surface area (Å²) in [5.41, 5.74) is 0.886. The Hall–Kier alpha value is -2.42. The summed E-state index contributed by atoms with van der Waals surface area (Å²) in [5.74, 6) is 0.318. The Kier molecular flexibility index (Phi) is 2.27. The standard InChI is InChI=1S/C15H10O3/c1-18-13-4-2-3-9-5-6-10-11(16)7-8-12(17)15(10)14(9)13/h2-8H,1H3. The summed E-state index contributed by atoms with van der Waals surface area (Å²) in [6, 6.07) is 9.08. The number of allylic oxidation sites excluding steroid dienone is 2. The Labute approximate surface area is 104 Å². The summed E-state index contributed by atoms with van der Waals surface area (Å²) < 4.78 is 5.29. The van der Waals surface area contributed by atoms with Crippen molar-refractivity contribution in [3.05, 3.63) is 53.6 Å². The van der Waals surface area contributed by atoms with Gasteiger partial charge in [-0.1, -0.05) is 18.2 Å². The van der Waals surface area contributed by atoms with Crippen LogP contribution in [0.5, 0.6) is 5.75 Å². The normalized spacial score (nSPS) is 13.8. The first-order valence-corrected chi connectivity index (χ1v) is 5.59. The number of hydrogen-bond acceptors (Lipinski definition) is 3. The van der Waals surface area contributed by atoms with Crippen molar-refractivity contribution in [3.8, 4) is 5.75 Å². The zero-order chi connectivity index (χ0) is 12.7. The molecule has 3 heteroatoms. The number of rotatable bonds is 1. The van der Waals surface area contributed by atoms with Crippen molar-refractivity contribution < 1.29 is 14.3 Å². The van der Waals surface area contributed by atoms with Crippen LogP contribution < -0.4 is 4.74 Å².